The van der Waals surface area contributed by atoms with Crippen molar-refractivity contribution in [2.45, 2.75) is 5.03 Å². The van der Waals surface area contributed by atoms with Gasteiger partial charge in [-0.3, -0.25) is 4.72 Å². The molecule has 26 heavy (non-hydrogen) atoms. The maximum absolute atomic E-state index is 12.3. The van der Waals surface area contributed by atoms with Crippen molar-refractivity contribution >= 4 is 32.9 Å². The molecule has 3 rings (SSSR count). The van der Waals surface area contributed by atoms with Gasteiger partial charge in [0.25, 0.3) is 10.0 Å². The molecular formula is C16H19N7O2S. The molecular weight excluding hydrogens is 354 g/mol. The highest BCUT2D eigenvalue weighted by molar-refractivity contribution is 7.92. The summed E-state index contributed by atoms with van der Waals surface area (Å²) < 4.78 is 28.6. The summed E-state index contributed by atoms with van der Waals surface area (Å²) in [7, 11) is 1.84. The second-order valence-corrected chi connectivity index (χ2v) is 7.51. The molecule has 2 N–H and O–H groups in total. The van der Waals surface area contributed by atoms with E-state index in [0.29, 0.717) is 11.5 Å². The zero-order valence-corrected chi connectivity index (χ0v) is 15.4. The summed E-state index contributed by atoms with van der Waals surface area (Å²) in [6, 6.07) is 8.68. The van der Waals surface area contributed by atoms with Gasteiger partial charge < -0.3 is 14.8 Å². The van der Waals surface area contributed by atoms with Crippen molar-refractivity contribution in [3.63, 3.8) is 0 Å². The molecule has 0 aliphatic heterocycles. The summed E-state index contributed by atoms with van der Waals surface area (Å²) in [5, 5.41) is 11.1. The fourth-order valence-corrected chi connectivity index (χ4v) is 3.21. The smallest absolute Gasteiger partial charge is 0.280 e. The Morgan fingerprint density at radius 3 is 2.42 bits per heavy atom. The summed E-state index contributed by atoms with van der Waals surface area (Å²) in [6.45, 7) is 0. The van der Waals surface area contributed by atoms with E-state index in [4.69, 9.17) is 0 Å². The van der Waals surface area contributed by atoms with Gasteiger partial charge in [-0.05, 0) is 24.3 Å². The first-order valence-corrected chi connectivity index (χ1v) is 9.20. The molecule has 2 aromatic heterocycles. The number of anilines is 4. The van der Waals surface area contributed by atoms with Gasteiger partial charge in [0, 0.05) is 44.8 Å². The van der Waals surface area contributed by atoms with Crippen molar-refractivity contribution in [1.82, 2.24) is 19.7 Å². The van der Waals surface area contributed by atoms with Crippen LogP contribution in [0.2, 0.25) is 0 Å². The van der Waals surface area contributed by atoms with E-state index in [9.17, 15) is 8.42 Å². The molecule has 0 aliphatic carbocycles. The minimum absolute atomic E-state index is 0.0297. The average Bonchev–Trinajstić information content (AvgIpc) is 3.04. The highest BCUT2D eigenvalue weighted by Crippen LogP contribution is 2.21. The first-order chi connectivity index (χ1) is 12.3. The van der Waals surface area contributed by atoms with Crippen LogP contribution >= 0.6 is 0 Å². The lowest BCUT2D eigenvalue weighted by atomic mass is 10.3. The van der Waals surface area contributed by atoms with Crippen LogP contribution in [0.1, 0.15) is 0 Å². The summed E-state index contributed by atoms with van der Waals surface area (Å²) >= 11 is 0. The molecule has 1 aromatic carbocycles. The standard InChI is InChI=1S/C16H19N7O2S/c1-22(2)14-8-15(20-18-9-14)19-12-4-6-13(7-5-12)21-26(24,25)16-10-23(3)11-17-16/h4-11,21H,1-3H3,(H,19,20). The summed E-state index contributed by atoms with van der Waals surface area (Å²) in [6.07, 6.45) is 4.54. The van der Waals surface area contributed by atoms with E-state index in [1.54, 1.807) is 42.1 Å². The van der Waals surface area contributed by atoms with Crippen molar-refractivity contribution in [1.29, 1.82) is 0 Å². The predicted molar refractivity (Wildman–Crippen MR) is 100 cm³/mol. The van der Waals surface area contributed by atoms with E-state index in [1.165, 1.54) is 12.5 Å². The van der Waals surface area contributed by atoms with Crippen molar-refractivity contribution in [3.05, 3.63) is 49.1 Å². The van der Waals surface area contributed by atoms with E-state index < -0.39 is 10.0 Å². The molecule has 0 unspecified atom stereocenters. The Hall–Kier alpha value is -3.14. The minimum atomic E-state index is -3.71. The van der Waals surface area contributed by atoms with E-state index in [0.717, 1.165) is 11.4 Å². The summed E-state index contributed by atoms with van der Waals surface area (Å²) in [5.41, 5.74) is 2.12. The van der Waals surface area contributed by atoms with Gasteiger partial charge in [-0.15, -0.1) is 5.10 Å². The highest BCUT2D eigenvalue weighted by Gasteiger charge is 2.16. The minimum Gasteiger partial charge on any atom is -0.376 e. The Balaban J connectivity index is 1.72. The normalized spacial score (nSPS) is 11.2. The molecule has 0 amide bonds. The van der Waals surface area contributed by atoms with Crippen LogP contribution in [0.5, 0.6) is 0 Å². The Morgan fingerprint density at radius 1 is 1.12 bits per heavy atom. The average molecular weight is 373 g/mol. The van der Waals surface area contributed by atoms with Crippen LogP contribution in [-0.4, -0.2) is 42.3 Å². The van der Waals surface area contributed by atoms with E-state index in [-0.39, 0.29) is 5.03 Å². The van der Waals surface area contributed by atoms with Gasteiger partial charge in [0.15, 0.2) is 10.8 Å². The highest BCUT2D eigenvalue weighted by atomic mass is 32.2. The predicted octanol–water partition coefficient (Wildman–Crippen LogP) is 1.82. The van der Waals surface area contributed by atoms with Crippen LogP contribution < -0.4 is 14.9 Å². The van der Waals surface area contributed by atoms with E-state index in [1.807, 2.05) is 25.1 Å². The van der Waals surface area contributed by atoms with Crippen LogP contribution in [0.3, 0.4) is 0 Å². The van der Waals surface area contributed by atoms with Gasteiger partial charge in [0.2, 0.25) is 0 Å². The Morgan fingerprint density at radius 2 is 1.81 bits per heavy atom. The largest absolute Gasteiger partial charge is 0.376 e. The number of aromatic nitrogens is 4. The van der Waals surface area contributed by atoms with Gasteiger partial charge in [-0.1, -0.05) is 0 Å². The number of nitrogens with zero attached hydrogens (tertiary/aromatic N) is 5. The van der Waals surface area contributed by atoms with Crippen molar-refractivity contribution < 1.29 is 8.42 Å². The van der Waals surface area contributed by atoms with Crippen LogP contribution in [0.15, 0.2) is 54.1 Å². The fraction of sp³-hybridized carbons (Fsp3) is 0.188. The molecule has 0 atom stereocenters. The Kier molecular flexibility index (Phi) is 4.76. The molecule has 136 valence electrons. The van der Waals surface area contributed by atoms with Crippen molar-refractivity contribution in [3.8, 4) is 0 Å². The summed E-state index contributed by atoms with van der Waals surface area (Å²) in [5.74, 6) is 0.595. The third-order valence-corrected chi connectivity index (χ3v) is 4.79. The van der Waals surface area contributed by atoms with Crippen molar-refractivity contribution in [2.24, 2.45) is 7.05 Å². The number of rotatable bonds is 6. The monoisotopic (exact) mass is 373 g/mol. The van der Waals surface area contributed by atoms with Gasteiger partial charge >= 0.3 is 0 Å². The zero-order valence-electron chi connectivity index (χ0n) is 14.6. The van der Waals surface area contributed by atoms with Gasteiger partial charge in [0.05, 0.1) is 18.2 Å². The van der Waals surface area contributed by atoms with Crippen LogP contribution in [-0.2, 0) is 17.1 Å². The molecule has 9 nitrogen and oxygen atoms in total. The number of hydrogen-bond donors (Lipinski definition) is 2. The van der Waals surface area contributed by atoms with Gasteiger partial charge in [-0.2, -0.15) is 13.5 Å². The molecule has 0 bridgehead atoms. The fourth-order valence-electron chi connectivity index (χ4n) is 2.17. The SMILES string of the molecule is CN(C)c1cnnc(Nc2ccc(NS(=O)(=O)c3cn(C)cn3)cc2)c1. The Bertz CT molecular complexity index is 997. The van der Waals surface area contributed by atoms with Crippen molar-refractivity contribution in [2.75, 3.05) is 29.0 Å². The number of hydrogen-bond acceptors (Lipinski definition) is 7. The number of nitrogens with one attached hydrogen (secondary N) is 2. The summed E-state index contributed by atoms with van der Waals surface area (Å²) in [4.78, 5) is 5.79. The molecule has 10 heteroatoms. The number of sulfonamides is 1. The molecule has 0 radical (unpaired) electrons. The topological polar surface area (TPSA) is 105 Å². The third kappa shape index (κ3) is 4.09. The van der Waals surface area contributed by atoms with Gasteiger partial charge in [0.1, 0.15) is 0 Å². The van der Waals surface area contributed by atoms with Crippen LogP contribution in [0, 0.1) is 0 Å². The molecule has 3 aromatic rings. The maximum Gasteiger partial charge on any atom is 0.280 e. The molecule has 0 fully saturated rings. The number of aryl methyl sites for hydroxylation is 1. The molecule has 0 saturated carbocycles. The first-order valence-electron chi connectivity index (χ1n) is 7.71. The third-order valence-electron chi connectivity index (χ3n) is 3.52. The lowest BCUT2D eigenvalue weighted by Gasteiger charge is -2.13. The second kappa shape index (κ2) is 7.00. The van der Waals surface area contributed by atoms with Crippen LogP contribution in [0.25, 0.3) is 0 Å². The molecule has 0 aliphatic rings. The number of benzene rings is 1. The zero-order chi connectivity index (χ0) is 18.7. The lowest BCUT2D eigenvalue weighted by molar-refractivity contribution is 0.598. The molecule has 2 heterocycles. The van der Waals surface area contributed by atoms with Crippen LogP contribution in [0.4, 0.5) is 22.9 Å². The maximum atomic E-state index is 12.3. The quantitative estimate of drug-likeness (QED) is 0.679. The second-order valence-electron chi connectivity index (χ2n) is 5.88. The van der Waals surface area contributed by atoms with E-state index in [2.05, 4.69) is 25.2 Å². The lowest BCUT2D eigenvalue weighted by Crippen LogP contribution is -2.13. The first kappa shape index (κ1) is 17.7. The van der Waals surface area contributed by atoms with Gasteiger partial charge in [-0.25, -0.2) is 4.98 Å². The Labute approximate surface area is 151 Å². The number of imidazole rings is 1. The van der Waals surface area contributed by atoms with E-state index >= 15 is 0 Å². The molecule has 0 spiro atoms. The molecule has 0 saturated heterocycles.